The van der Waals surface area contributed by atoms with Gasteiger partial charge in [-0.1, -0.05) is 121 Å². The molecule has 7 nitrogen and oxygen atoms in total. The lowest BCUT2D eigenvalue weighted by Gasteiger charge is -2.36. The molecular weight excluding hydrogens is 551 g/mol. The van der Waals surface area contributed by atoms with Gasteiger partial charge in [0, 0.05) is 11.3 Å². The number of halogens is 1. The van der Waals surface area contributed by atoms with Gasteiger partial charge in [-0.15, -0.1) is 5.10 Å². The maximum atomic E-state index is 15.0. The Kier molecular flexibility index (Phi) is 7.08. The number of para-hydroxylation sites is 1. The van der Waals surface area contributed by atoms with Gasteiger partial charge in [0.1, 0.15) is 17.1 Å². The third-order valence-corrected chi connectivity index (χ3v) is 7.99. The first-order valence-electron chi connectivity index (χ1n) is 14.3. The predicted molar refractivity (Wildman–Crippen MR) is 167 cm³/mol. The maximum absolute atomic E-state index is 15.0. The number of fused-ring (bicyclic) bond motifs is 1. The summed E-state index contributed by atoms with van der Waals surface area (Å²) >= 11 is 0. The molecule has 0 radical (unpaired) electrons. The molecule has 44 heavy (non-hydrogen) atoms. The normalized spacial score (nSPS) is 13.2. The maximum Gasteiger partial charge on any atom is 0.277 e. The highest BCUT2D eigenvalue weighted by molar-refractivity contribution is 6.49. The van der Waals surface area contributed by atoms with Crippen LogP contribution < -0.4 is 4.90 Å². The Bertz CT molecular complexity index is 1860. The lowest BCUT2D eigenvalue weighted by atomic mass is 9.77. The first-order chi connectivity index (χ1) is 21.7. The van der Waals surface area contributed by atoms with Crippen molar-refractivity contribution in [3.8, 4) is 0 Å². The van der Waals surface area contributed by atoms with Gasteiger partial charge >= 0.3 is 0 Å². The molecule has 6 aromatic rings. The van der Waals surface area contributed by atoms with E-state index >= 15 is 4.39 Å². The van der Waals surface area contributed by atoms with Crippen molar-refractivity contribution in [3.05, 3.63) is 179 Å². The van der Waals surface area contributed by atoms with Crippen molar-refractivity contribution in [2.75, 3.05) is 4.90 Å². The zero-order valence-corrected chi connectivity index (χ0v) is 23.7. The zero-order valence-electron chi connectivity index (χ0n) is 23.7. The lowest BCUT2D eigenvalue weighted by Crippen LogP contribution is -2.42. The SMILES string of the molecule is O=C1C(c2ccccc2F)=NCc2ccccc2N1Cc1nnnn1C(c1ccccc1)(c1ccccc1)c1ccccc1. The summed E-state index contributed by atoms with van der Waals surface area (Å²) in [4.78, 5) is 20.5. The highest BCUT2D eigenvalue weighted by atomic mass is 19.1. The number of benzene rings is 5. The number of nitrogens with zero attached hydrogens (tertiary/aromatic N) is 6. The highest BCUT2D eigenvalue weighted by Crippen LogP contribution is 2.41. The summed E-state index contributed by atoms with van der Waals surface area (Å²) in [6, 6.07) is 44.0. The van der Waals surface area contributed by atoms with Crippen molar-refractivity contribution in [3.63, 3.8) is 0 Å². The van der Waals surface area contributed by atoms with Crippen LogP contribution in [0, 0.1) is 5.82 Å². The van der Waals surface area contributed by atoms with Crippen LogP contribution in [0.3, 0.4) is 0 Å². The quantitative estimate of drug-likeness (QED) is 0.212. The predicted octanol–water partition coefficient (Wildman–Crippen LogP) is 6.19. The molecule has 0 bridgehead atoms. The monoisotopic (exact) mass is 578 g/mol. The Balaban J connectivity index is 1.43. The van der Waals surface area contributed by atoms with Gasteiger partial charge in [-0.05, 0) is 50.9 Å². The van der Waals surface area contributed by atoms with Gasteiger partial charge in [0.15, 0.2) is 5.82 Å². The standard InChI is InChI=1S/C36H27FN6O/c37-31-22-12-11-21-30(31)34-35(44)42(32-23-13-10-14-26(32)24-38-34)25-33-39-40-41-43(33)36(27-15-4-1-5-16-27,28-17-6-2-7-18-28)29-19-8-3-9-20-29/h1-23H,24-25H2. The summed E-state index contributed by atoms with van der Waals surface area (Å²) < 4.78 is 16.8. The fraction of sp³-hybridized carbons (Fsp3) is 0.0833. The second-order valence-electron chi connectivity index (χ2n) is 10.5. The molecule has 0 atom stereocenters. The highest BCUT2D eigenvalue weighted by Gasteiger charge is 2.42. The molecule has 7 rings (SSSR count). The molecule has 0 fully saturated rings. The summed E-state index contributed by atoms with van der Waals surface area (Å²) in [6.07, 6.45) is 0. The van der Waals surface area contributed by atoms with Crippen LogP contribution in [0.4, 0.5) is 10.1 Å². The summed E-state index contributed by atoms with van der Waals surface area (Å²) in [5, 5.41) is 13.3. The van der Waals surface area contributed by atoms with Gasteiger partial charge in [-0.2, -0.15) is 0 Å². The second-order valence-corrected chi connectivity index (χ2v) is 10.5. The van der Waals surface area contributed by atoms with Crippen molar-refractivity contribution >= 4 is 17.3 Å². The molecule has 214 valence electrons. The molecule has 0 aliphatic carbocycles. The molecule has 2 heterocycles. The number of aliphatic imine (C=N–C) groups is 1. The number of amides is 1. The molecule has 0 saturated carbocycles. The topological polar surface area (TPSA) is 76.3 Å². The van der Waals surface area contributed by atoms with Crippen LogP contribution in [-0.2, 0) is 23.4 Å². The van der Waals surface area contributed by atoms with Gasteiger partial charge in [0.2, 0.25) is 0 Å². The molecule has 0 saturated heterocycles. The molecule has 5 aromatic carbocycles. The van der Waals surface area contributed by atoms with E-state index in [2.05, 4.69) is 56.9 Å². The first-order valence-corrected chi connectivity index (χ1v) is 14.3. The minimum absolute atomic E-state index is 0.0184. The van der Waals surface area contributed by atoms with E-state index < -0.39 is 17.3 Å². The third kappa shape index (κ3) is 4.57. The first kappa shape index (κ1) is 27.1. The third-order valence-electron chi connectivity index (χ3n) is 7.99. The van der Waals surface area contributed by atoms with E-state index in [-0.39, 0.29) is 24.4 Å². The van der Waals surface area contributed by atoms with E-state index in [9.17, 15) is 4.79 Å². The second kappa shape index (κ2) is 11.5. The van der Waals surface area contributed by atoms with Crippen molar-refractivity contribution < 1.29 is 9.18 Å². The number of anilines is 1. The van der Waals surface area contributed by atoms with E-state index in [1.165, 1.54) is 6.07 Å². The Morgan fingerprint density at radius 3 is 1.84 bits per heavy atom. The van der Waals surface area contributed by atoms with Crippen LogP contribution in [0.15, 0.2) is 145 Å². The average molecular weight is 579 g/mol. The van der Waals surface area contributed by atoms with Crippen molar-refractivity contribution in [2.24, 2.45) is 4.99 Å². The molecule has 0 unspecified atom stereocenters. The summed E-state index contributed by atoms with van der Waals surface area (Å²) in [5.41, 5.74) is 3.59. The van der Waals surface area contributed by atoms with Crippen LogP contribution in [0.25, 0.3) is 0 Å². The van der Waals surface area contributed by atoms with Crippen LogP contribution in [-0.4, -0.2) is 31.8 Å². The minimum atomic E-state index is -0.973. The zero-order chi connectivity index (χ0) is 29.9. The van der Waals surface area contributed by atoms with Gasteiger partial charge in [0.25, 0.3) is 5.91 Å². The van der Waals surface area contributed by atoms with Gasteiger partial charge < -0.3 is 0 Å². The number of hydrogen-bond donors (Lipinski definition) is 0. The van der Waals surface area contributed by atoms with E-state index in [1.807, 2.05) is 78.9 Å². The number of rotatable bonds is 7. The smallest absolute Gasteiger partial charge is 0.277 e. The number of hydrogen-bond acceptors (Lipinski definition) is 5. The molecule has 1 amide bonds. The van der Waals surface area contributed by atoms with Crippen molar-refractivity contribution in [1.29, 1.82) is 0 Å². The Labute approximate surface area is 254 Å². The van der Waals surface area contributed by atoms with Gasteiger partial charge in [0.05, 0.1) is 13.1 Å². The fourth-order valence-corrected chi connectivity index (χ4v) is 6.00. The number of carbonyl (C=O) groups excluding carboxylic acids is 1. The van der Waals surface area contributed by atoms with Gasteiger partial charge in [-0.3, -0.25) is 14.7 Å². The lowest BCUT2D eigenvalue weighted by molar-refractivity contribution is -0.112. The van der Waals surface area contributed by atoms with Crippen molar-refractivity contribution in [2.45, 2.75) is 18.6 Å². The number of aromatic nitrogens is 4. The van der Waals surface area contributed by atoms with E-state index in [4.69, 9.17) is 0 Å². The van der Waals surface area contributed by atoms with Gasteiger partial charge in [-0.25, -0.2) is 9.07 Å². The Hall–Kier alpha value is -5.76. The largest absolute Gasteiger partial charge is 0.299 e. The number of carbonyl (C=O) groups is 1. The van der Waals surface area contributed by atoms with E-state index in [0.29, 0.717) is 11.5 Å². The van der Waals surface area contributed by atoms with E-state index in [0.717, 1.165) is 22.3 Å². The Morgan fingerprint density at radius 2 is 1.23 bits per heavy atom. The molecule has 1 aliphatic rings. The van der Waals surface area contributed by atoms with Crippen LogP contribution >= 0.6 is 0 Å². The number of tetrazole rings is 1. The fourth-order valence-electron chi connectivity index (χ4n) is 6.00. The molecular formula is C36H27FN6O. The molecule has 0 spiro atoms. The average Bonchev–Trinajstić information content (AvgIpc) is 3.49. The molecule has 8 heteroatoms. The van der Waals surface area contributed by atoms with Crippen molar-refractivity contribution in [1.82, 2.24) is 20.2 Å². The van der Waals surface area contributed by atoms with Crippen LogP contribution in [0.1, 0.15) is 33.6 Å². The molecule has 1 aromatic heterocycles. The van der Waals surface area contributed by atoms with E-state index in [1.54, 1.807) is 27.8 Å². The van der Waals surface area contributed by atoms with Crippen LogP contribution in [0.2, 0.25) is 0 Å². The molecule has 0 N–H and O–H groups in total. The minimum Gasteiger partial charge on any atom is -0.299 e. The summed E-state index contributed by atoms with van der Waals surface area (Å²) in [6.45, 7) is 0.250. The van der Waals surface area contributed by atoms with Crippen LogP contribution in [0.5, 0.6) is 0 Å². The summed E-state index contributed by atoms with van der Waals surface area (Å²) in [5.74, 6) is -0.495. The molecule has 1 aliphatic heterocycles. The summed E-state index contributed by atoms with van der Waals surface area (Å²) in [7, 11) is 0. The Morgan fingerprint density at radius 1 is 0.682 bits per heavy atom.